The maximum absolute atomic E-state index is 12.6. The number of benzene rings is 2. The second-order valence-electron chi connectivity index (χ2n) is 7.22. The molecule has 0 radical (unpaired) electrons. The van der Waals surface area contributed by atoms with Crippen LogP contribution in [-0.2, 0) is 26.2 Å². The molecule has 3 aromatic rings. The van der Waals surface area contributed by atoms with Gasteiger partial charge in [0.2, 0.25) is 10.0 Å². The van der Waals surface area contributed by atoms with Gasteiger partial charge in [-0.3, -0.25) is 4.79 Å². The molecule has 1 aromatic heterocycles. The Morgan fingerprint density at radius 2 is 1.74 bits per heavy atom. The van der Waals surface area contributed by atoms with Crippen LogP contribution < -0.4 is 4.72 Å². The Hall–Kier alpha value is -2.81. The predicted molar refractivity (Wildman–Crippen MR) is 124 cm³/mol. The minimum Gasteiger partial charge on any atom is -0.458 e. The maximum atomic E-state index is 12.6. The molecule has 8 heteroatoms. The van der Waals surface area contributed by atoms with E-state index in [1.807, 2.05) is 53.9 Å². The molecule has 0 saturated carbocycles. The summed E-state index contributed by atoms with van der Waals surface area (Å²) in [5.41, 5.74) is 2.35. The van der Waals surface area contributed by atoms with Crippen molar-refractivity contribution in [1.82, 2.24) is 9.71 Å². The fourth-order valence-electron chi connectivity index (χ4n) is 2.73. The Balaban J connectivity index is 1.61. The third-order valence-corrected chi connectivity index (χ3v) is 6.40. The zero-order valence-corrected chi connectivity index (χ0v) is 18.9. The molecule has 0 amide bonds. The molecule has 0 aliphatic rings. The van der Waals surface area contributed by atoms with E-state index in [0.717, 1.165) is 21.5 Å². The zero-order chi connectivity index (χ0) is 22.3. The van der Waals surface area contributed by atoms with E-state index in [-0.39, 0.29) is 12.5 Å². The summed E-state index contributed by atoms with van der Waals surface area (Å²) in [7, 11) is -3.83. The number of nitrogens with one attached hydrogen (secondary N) is 1. The molecule has 0 saturated heterocycles. The van der Waals surface area contributed by atoms with Crippen molar-refractivity contribution in [2.24, 2.45) is 5.92 Å². The normalized spacial score (nSPS) is 12.9. The lowest BCUT2D eigenvalue weighted by molar-refractivity contribution is -0.148. The summed E-state index contributed by atoms with van der Waals surface area (Å²) >= 11 is 1.46. The lowest BCUT2D eigenvalue weighted by Gasteiger charge is -2.19. The summed E-state index contributed by atoms with van der Waals surface area (Å²) < 4.78 is 32.7. The van der Waals surface area contributed by atoms with Crippen molar-refractivity contribution in [2.45, 2.75) is 26.5 Å². The van der Waals surface area contributed by atoms with E-state index in [0.29, 0.717) is 5.69 Å². The van der Waals surface area contributed by atoms with Gasteiger partial charge in [0.1, 0.15) is 17.7 Å². The van der Waals surface area contributed by atoms with Crippen LogP contribution in [0.4, 0.5) is 0 Å². The van der Waals surface area contributed by atoms with Gasteiger partial charge in [0.25, 0.3) is 0 Å². The van der Waals surface area contributed by atoms with Crippen LogP contribution in [-0.4, -0.2) is 25.4 Å². The molecular weight excluding hydrogens is 432 g/mol. The fraction of sp³-hybridized carbons (Fsp3) is 0.217. The Bertz CT molecular complexity index is 1120. The molecule has 1 atom stereocenters. The number of aromatic nitrogens is 1. The molecule has 0 aliphatic heterocycles. The van der Waals surface area contributed by atoms with E-state index < -0.39 is 22.0 Å². The molecule has 1 N–H and O–H groups in total. The molecule has 6 nitrogen and oxygen atoms in total. The first-order valence-electron chi connectivity index (χ1n) is 9.76. The SMILES string of the molecule is CC(C)[C@@H](NS(=O)(=O)/C=C/c1ccccc1)C(=O)OCc1csc(-c2ccccc2)n1. The lowest BCUT2D eigenvalue weighted by Crippen LogP contribution is -2.44. The summed E-state index contributed by atoms with van der Waals surface area (Å²) in [5, 5.41) is 3.71. The number of sulfonamides is 1. The predicted octanol–water partition coefficient (Wildman–Crippen LogP) is 4.47. The van der Waals surface area contributed by atoms with Crippen molar-refractivity contribution in [3.05, 3.63) is 82.7 Å². The van der Waals surface area contributed by atoms with Gasteiger partial charge in [0.15, 0.2) is 0 Å². The van der Waals surface area contributed by atoms with Crippen LogP contribution in [0.2, 0.25) is 0 Å². The number of hydrogen-bond donors (Lipinski definition) is 1. The zero-order valence-electron chi connectivity index (χ0n) is 17.3. The number of hydrogen-bond acceptors (Lipinski definition) is 6. The summed E-state index contributed by atoms with van der Waals surface area (Å²) in [6, 6.07) is 17.8. The second kappa shape index (κ2) is 10.5. The highest BCUT2D eigenvalue weighted by Crippen LogP contribution is 2.23. The van der Waals surface area contributed by atoms with Crippen molar-refractivity contribution >= 4 is 33.4 Å². The molecule has 2 aromatic carbocycles. The summed E-state index contributed by atoms with van der Waals surface area (Å²) in [6.07, 6.45) is 1.48. The van der Waals surface area contributed by atoms with Crippen LogP contribution in [0.1, 0.15) is 25.1 Å². The lowest BCUT2D eigenvalue weighted by atomic mass is 10.1. The fourth-order valence-corrected chi connectivity index (χ4v) is 4.67. The molecule has 0 fully saturated rings. The minimum atomic E-state index is -3.83. The van der Waals surface area contributed by atoms with E-state index in [2.05, 4.69) is 9.71 Å². The van der Waals surface area contributed by atoms with Crippen LogP contribution >= 0.6 is 11.3 Å². The Kier molecular flexibility index (Phi) is 7.73. The van der Waals surface area contributed by atoms with Crippen LogP contribution in [0.3, 0.4) is 0 Å². The minimum absolute atomic E-state index is 0.0209. The molecule has 1 heterocycles. The molecule has 0 aliphatic carbocycles. The van der Waals surface area contributed by atoms with Gasteiger partial charge in [0, 0.05) is 16.4 Å². The third-order valence-electron chi connectivity index (χ3n) is 4.39. The van der Waals surface area contributed by atoms with Gasteiger partial charge in [-0.25, -0.2) is 13.4 Å². The van der Waals surface area contributed by atoms with Gasteiger partial charge in [0.05, 0.1) is 5.69 Å². The van der Waals surface area contributed by atoms with Crippen molar-refractivity contribution < 1.29 is 17.9 Å². The second-order valence-corrected chi connectivity index (χ2v) is 9.67. The van der Waals surface area contributed by atoms with Gasteiger partial charge in [-0.05, 0) is 17.6 Å². The highest BCUT2D eigenvalue weighted by Gasteiger charge is 2.28. The van der Waals surface area contributed by atoms with Crippen LogP contribution in [0, 0.1) is 5.92 Å². The largest absolute Gasteiger partial charge is 0.458 e. The van der Waals surface area contributed by atoms with Crippen LogP contribution in [0.25, 0.3) is 16.6 Å². The van der Waals surface area contributed by atoms with E-state index in [4.69, 9.17) is 4.74 Å². The topological polar surface area (TPSA) is 85.4 Å². The van der Waals surface area contributed by atoms with Crippen molar-refractivity contribution in [3.8, 4) is 10.6 Å². The van der Waals surface area contributed by atoms with Crippen molar-refractivity contribution in [3.63, 3.8) is 0 Å². The highest BCUT2D eigenvalue weighted by molar-refractivity contribution is 7.92. The monoisotopic (exact) mass is 456 g/mol. The average molecular weight is 457 g/mol. The molecular formula is C23H24N2O4S2. The van der Waals surface area contributed by atoms with Gasteiger partial charge in [-0.15, -0.1) is 11.3 Å². The number of rotatable bonds is 9. The van der Waals surface area contributed by atoms with Gasteiger partial charge < -0.3 is 4.74 Å². The summed E-state index contributed by atoms with van der Waals surface area (Å²) in [6.45, 7) is 3.49. The van der Waals surface area contributed by atoms with Gasteiger partial charge in [-0.2, -0.15) is 4.72 Å². The molecule has 0 unspecified atom stereocenters. The average Bonchev–Trinajstić information content (AvgIpc) is 3.25. The number of thiazole rings is 1. The summed E-state index contributed by atoms with van der Waals surface area (Å²) in [5.74, 6) is -0.927. The van der Waals surface area contributed by atoms with Crippen molar-refractivity contribution in [2.75, 3.05) is 0 Å². The smallest absolute Gasteiger partial charge is 0.324 e. The first-order valence-corrected chi connectivity index (χ1v) is 12.2. The first kappa shape index (κ1) is 22.9. The third kappa shape index (κ3) is 6.85. The number of carbonyl (C=O) groups excluding carboxylic acids is 1. The van der Waals surface area contributed by atoms with E-state index >= 15 is 0 Å². The number of nitrogens with zero attached hydrogens (tertiary/aromatic N) is 1. The Labute approximate surface area is 186 Å². The number of carbonyl (C=O) groups is 1. The Morgan fingerprint density at radius 1 is 1.10 bits per heavy atom. The van der Waals surface area contributed by atoms with E-state index in [1.165, 1.54) is 17.4 Å². The van der Waals surface area contributed by atoms with Crippen LogP contribution in [0.15, 0.2) is 71.5 Å². The van der Waals surface area contributed by atoms with Gasteiger partial charge in [-0.1, -0.05) is 74.5 Å². The van der Waals surface area contributed by atoms with Crippen molar-refractivity contribution in [1.29, 1.82) is 0 Å². The quantitative estimate of drug-likeness (QED) is 0.480. The molecule has 0 bridgehead atoms. The van der Waals surface area contributed by atoms with E-state index in [1.54, 1.807) is 26.0 Å². The highest BCUT2D eigenvalue weighted by atomic mass is 32.2. The standard InChI is InChI=1S/C23H24N2O4S2/c1-17(2)21(25-31(27,28)14-13-18-9-5-3-6-10-18)23(26)29-15-20-16-30-22(24-20)19-11-7-4-8-12-19/h3-14,16-17,21,25H,15H2,1-2H3/b14-13+/t21-/m1/s1. The molecule has 0 spiro atoms. The maximum Gasteiger partial charge on any atom is 0.324 e. The van der Waals surface area contributed by atoms with Crippen LogP contribution in [0.5, 0.6) is 0 Å². The first-order chi connectivity index (χ1) is 14.8. The molecule has 162 valence electrons. The summed E-state index contributed by atoms with van der Waals surface area (Å²) in [4.78, 5) is 17.1. The van der Waals surface area contributed by atoms with E-state index in [9.17, 15) is 13.2 Å². The van der Waals surface area contributed by atoms with Gasteiger partial charge >= 0.3 is 5.97 Å². The Morgan fingerprint density at radius 3 is 2.39 bits per heavy atom. The number of esters is 1. The number of ether oxygens (including phenoxy) is 1. The molecule has 3 rings (SSSR count). The molecule has 31 heavy (non-hydrogen) atoms.